The molecule has 0 radical (unpaired) electrons. The van der Waals surface area contributed by atoms with Gasteiger partial charge in [0.05, 0.1) is 17.3 Å². The van der Waals surface area contributed by atoms with Crippen LogP contribution in [0.2, 0.25) is 0 Å². The van der Waals surface area contributed by atoms with Crippen molar-refractivity contribution in [2.45, 2.75) is 6.54 Å². The summed E-state index contributed by atoms with van der Waals surface area (Å²) >= 11 is 0. The number of hydrogen-bond acceptors (Lipinski definition) is 4. The van der Waals surface area contributed by atoms with E-state index in [-0.39, 0.29) is 11.5 Å². The molecule has 0 saturated carbocycles. The van der Waals surface area contributed by atoms with E-state index in [1.54, 1.807) is 24.4 Å². The van der Waals surface area contributed by atoms with Crippen molar-refractivity contribution >= 4 is 33.7 Å². The van der Waals surface area contributed by atoms with Crippen LogP contribution in [0.4, 0.5) is 0 Å². The van der Waals surface area contributed by atoms with E-state index in [2.05, 4.69) is 20.8 Å². The Morgan fingerprint density at radius 2 is 1.78 bits per heavy atom. The Kier molecular flexibility index (Phi) is 4.27. The Labute approximate surface area is 154 Å². The molecular weight excluding hydrogens is 344 g/mol. The molecule has 1 amide bonds. The number of carbonyl (C=O) groups is 2. The van der Waals surface area contributed by atoms with Gasteiger partial charge in [-0.15, -0.1) is 0 Å². The summed E-state index contributed by atoms with van der Waals surface area (Å²) in [6.45, 7) is 0.362. The summed E-state index contributed by atoms with van der Waals surface area (Å²) in [6, 6.07) is 16.1. The van der Waals surface area contributed by atoms with E-state index in [4.69, 9.17) is 5.11 Å². The molecule has 0 atom stereocenters. The van der Waals surface area contributed by atoms with Crippen molar-refractivity contribution in [3.8, 4) is 0 Å². The van der Waals surface area contributed by atoms with Gasteiger partial charge in [-0.3, -0.25) is 10.2 Å². The van der Waals surface area contributed by atoms with Gasteiger partial charge in [0.15, 0.2) is 0 Å². The zero-order chi connectivity index (χ0) is 18.8. The van der Waals surface area contributed by atoms with Gasteiger partial charge in [-0.2, -0.15) is 0 Å². The number of amides is 1. The largest absolute Gasteiger partial charge is 0.478 e. The number of benzene rings is 2. The van der Waals surface area contributed by atoms with E-state index in [1.165, 1.54) is 12.1 Å². The Bertz CT molecular complexity index is 1150. The van der Waals surface area contributed by atoms with Gasteiger partial charge in [0.25, 0.3) is 5.91 Å². The predicted octanol–water partition coefficient (Wildman–Crippen LogP) is 2.85. The molecule has 0 unspecified atom stereocenters. The van der Waals surface area contributed by atoms with Gasteiger partial charge < -0.3 is 10.1 Å². The van der Waals surface area contributed by atoms with Gasteiger partial charge >= 0.3 is 5.97 Å². The van der Waals surface area contributed by atoms with Crippen molar-refractivity contribution in [1.82, 2.24) is 20.8 Å². The second-order valence-corrected chi connectivity index (χ2v) is 6.10. The maximum absolute atomic E-state index is 12.4. The highest BCUT2D eigenvalue weighted by Gasteiger charge is 2.11. The van der Waals surface area contributed by atoms with Crippen LogP contribution < -0.4 is 10.9 Å². The molecule has 27 heavy (non-hydrogen) atoms. The molecule has 2 aromatic carbocycles. The molecule has 0 bridgehead atoms. The first-order chi connectivity index (χ1) is 13.1. The number of aromatic nitrogens is 2. The molecule has 0 fully saturated rings. The number of aromatic amines is 1. The second kappa shape index (κ2) is 6.89. The quantitative estimate of drug-likeness (QED) is 0.410. The van der Waals surface area contributed by atoms with Crippen LogP contribution in [0.25, 0.3) is 21.8 Å². The normalized spacial score (nSPS) is 11.0. The van der Waals surface area contributed by atoms with Gasteiger partial charge in [-0.25, -0.2) is 15.2 Å². The van der Waals surface area contributed by atoms with Crippen LogP contribution in [0.1, 0.15) is 26.4 Å². The van der Waals surface area contributed by atoms with Crippen molar-refractivity contribution in [3.63, 3.8) is 0 Å². The van der Waals surface area contributed by atoms with E-state index in [1.807, 2.05) is 24.3 Å². The fraction of sp³-hybridized carbons (Fsp3) is 0.0500. The molecule has 4 aromatic rings. The number of carboxylic acid groups (broad SMARTS) is 1. The number of H-pyrrole nitrogens is 1. The molecule has 0 aliphatic heterocycles. The lowest BCUT2D eigenvalue weighted by Gasteiger charge is -2.07. The Balaban J connectivity index is 1.45. The van der Waals surface area contributed by atoms with Gasteiger partial charge in [-0.05, 0) is 29.8 Å². The number of nitrogens with zero attached hydrogens (tertiary/aromatic N) is 1. The number of pyridine rings is 1. The number of hydrazine groups is 1. The SMILES string of the molecule is O=C(O)c1ccc(CNNC(=O)c2cc3c(cn2)[nH]c2ccccc23)cc1. The van der Waals surface area contributed by atoms with Gasteiger partial charge in [0, 0.05) is 22.8 Å². The van der Waals surface area contributed by atoms with E-state index >= 15 is 0 Å². The van der Waals surface area contributed by atoms with Crippen LogP contribution in [-0.2, 0) is 6.54 Å². The van der Waals surface area contributed by atoms with Crippen LogP contribution >= 0.6 is 0 Å². The number of aromatic carboxylic acids is 1. The van der Waals surface area contributed by atoms with Gasteiger partial charge in [0.1, 0.15) is 5.69 Å². The van der Waals surface area contributed by atoms with Crippen molar-refractivity contribution in [1.29, 1.82) is 0 Å². The third-order valence-electron chi connectivity index (χ3n) is 4.32. The van der Waals surface area contributed by atoms with E-state index < -0.39 is 5.97 Å². The Morgan fingerprint density at radius 1 is 1.00 bits per heavy atom. The first kappa shape index (κ1) is 16.7. The van der Waals surface area contributed by atoms with Gasteiger partial charge in [-0.1, -0.05) is 30.3 Å². The topological polar surface area (TPSA) is 107 Å². The molecule has 7 nitrogen and oxygen atoms in total. The second-order valence-electron chi connectivity index (χ2n) is 6.10. The Hall–Kier alpha value is -3.71. The highest BCUT2D eigenvalue weighted by molar-refractivity contribution is 6.09. The van der Waals surface area contributed by atoms with Crippen LogP contribution in [0.5, 0.6) is 0 Å². The molecular formula is C20H16N4O3. The van der Waals surface area contributed by atoms with Crippen molar-refractivity contribution in [2.75, 3.05) is 0 Å². The molecule has 0 aliphatic carbocycles. The van der Waals surface area contributed by atoms with E-state index in [9.17, 15) is 9.59 Å². The Morgan fingerprint density at radius 3 is 2.56 bits per heavy atom. The molecule has 7 heteroatoms. The maximum Gasteiger partial charge on any atom is 0.335 e. The van der Waals surface area contributed by atoms with Crippen molar-refractivity contribution in [2.24, 2.45) is 0 Å². The lowest BCUT2D eigenvalue weighted by atomic mass is 10.1. The zero-order valence-electron chi connectivity index (χ0n) is 14.2. The highest BCUT2D eigenvalue weighted by Crippen LogP contribution is 2.24. The standard InChI is InChI=1S/C20H16N4O3/c25-19(24-22-10-12-5-7-13(8-6-12)20(26)27)17-9-15-14-3-1-2-4-16(14)23-18(15)11-21-17/h1-9,11,22-23H,10H2,(H,24,25)(H,26,27). The lowest BCUT2D eigenvalue weighted by molar-refractivity contribution is 0.0696. The summed E-state index contributed by atoms with van der Waals surface area (Å²) in [5.41, 5.74) is 8.69. The molecule has 0 saturated heterocycles. The minimum atomic E-state index is -0.971. The van der Waals surface area contributed by atoms with E-state index in [0.717, 1.165) is 27.4 Å². The van der Waals surface area contributed by atoms with Crippen LogP contribution in [0.15, 0.2) is 60.8 Å². The smallest absolute Gasteiger partial charge is 0.335 e. The number of rotatable bonds is 5. The summed E-state index contributed by atoms with van der Waals surface area (Å²) in [5.74, 6) is -1.31. The number of carbonyl (C=O) groups excluding carboxylic acids is 1. The molecule has 4 rings (SSSR count). The molecule has 4 N–H and O–H groups in total. The number of nitrogens with one attached hydrogen (secondary N) is 3. The third-order valence-corrected chi connectivity index (χ3v) is 4.32. The fourth-order valence-electron chi connectivity index (χ4n) is 2.93. The molecule has 0 aliphatic rings. The van der Waals surface area contributed by atoms with Crippen LogP contribution in [0, 0.1) is 0 Å². The molecule has 0 spiro atoms. The average Bonchev–Trinajstić information content (AvgIpc) is 3.06. The summed E-state index contributed by atoms with van der Waals surface area (Å²) in [4.78, 5) is 30.7. The molecule has 2 heterocycles. The zero-order valence-corrected chi connectivity index (χ0v) is 14.2. The number of fused-ring (bicyclic) bond motifs is 3. The third kappa shape index (κ3) is 3.36. The number of hydrogen-bond donors (Lipinski definition) is 4. The first-order valence-corrected chi connectivity index (χ1v) is 8.34. The monoisotopic (exact) mass is 360 g/mol. The summed E-state index contributed by atoms with van der Waals surface area (Å²) in [6.07, 6.45) is 1.65. The summed E-state index contributed by atoms with van der Waals surface area (Å²) in [7, 11) is 0. The predicted molar refractivity (Wildman–Crippen MR) is 101 cm³/mol. The number of carboxylic acids is 1. The average molecular weight is 360 g/mol. The summed E-state index contributed by atoms with van der Waals surface area (Å²) in [5, 5.41) is 10.9. The van der Waals surface area contributed by atoms with Crippen LogP contribution in [-0.4, -0.2) is 27.0 Å². The molecule has 2 aromatic heterocycles. The van der Waals surface area contributed by atoms with Crippen molar-refractivity contribution in [3.05, 3.63) is 77.6 Å². The van der Waals surface area contributed by atoms with Crippen LogP contribution in [0.3, 0.4) is 0 Å². The van der Waals surface area contributed by atoms with Crippen molar-refractivity contribution < 1.29 is 14.7 Å². The highest BCUT2D eigenvalue weighted by atomic mass is 16.4. The summed E-state index contributed by atoms with van der Waals surface area (Å²) < 4.78 is 0. The number of para-hydroxylation sites is 1. The maximum atomic E-state index is 12.4. The van der Waals surface area contributed by atoms with E-state index in [0.29, 0.717) is 12.2 Å². The fourth-order valence-corrected chi connectivity index (χ4v) is 2.93. The minimum Gasteiger partial charge on any atom is -0.478 e. The molecule has 134 valence electrons. The first-order valence-electron chi connectivity index (χ1n) is 8.34. The van der Waals surface area contributed by atoms with Gasteiger partial charge in [0.2, 0.25) is 0 Å². The minimum absolute atomic E-state index is 0.221. The lowest BCUT2D eigenvalue weighted by Crippen LogP contribution is -2.37.